The molecule has 0 aliphatic carbocycles. The van der Waals surface area contributed by atoms with Crippen molar-refractivity contribution in [2.24, 2.45) is 17.0 Å². The first-order valence-corrected chi connectivity index (χ1v) is 6.52. The zero-order chi connectivity index (χ0) is 15.0. The van der Waals surface area contributed by atoms with Crippen molar-refractivity contribution in [2.75, 3.05) is 7.11 Å². The third-order valence-corrected chi connectivity index (χ3v) is 2.63. The van der Waals surface area contributed by atoms with E-state index in [0.717, 1.165) is 0 Å². The average molecular weight is 272 g/mol. The molecule has 0 rings (SSSR count). The standard InChI is InChI=1S/C13H24N2O4/c1-8(2)6-10(15-18)12(16)14-11(7-9(3)4)13(17)19-5/h8-11H,6-7H2,1-5H3,(H,14,16). The first-order chi connectivity index (χ1) is 8.81. The van der Waals surface area contributed by atoms with Crippen LogP contribution >= 0.6 is 0 Å². The Morgan fingerprint density at radius 1 is 1.11 bits per heavy atom. The Labute approximate surface area is 114 Å². The monoisotopic (exact) mass is 272 g/mol. The fourth-order valence-electron chi connectivity index (χ4n) is 1.74. The van der Waals surface area contributed by atoms with Crippen molar-refractivity contribution in [3.05, 3.63) is 4.91 Å². The fourth-order valence-corrected chi connectivity index (χ4v) is 1.74. The number of nitrogens with zero attached hydrogens (tertiary/aromatic N) is 1. The van der Waals surface area contributed by atoms with Crippen molar-refractivity contribution < 1.29 is 14.3 Å². The van der Waals surface area contributed by atoms with Gasteiger partial charge in [0.25, 0.3) is 0 Å². The van der Waals surface area contributed by atoms with Crippen molar-refractivity contribution in [2.45, 2.75) is 52.6 Å². The lowest BCUT2D eigenvalue weighted by molar-refractivity contribution is -0.145. The summed E-state index contributed by atoms with van der Waals surface area (Å²) in [5, 5.41) is 5.38. The zero-order valence-electron chi connectivity index (χ0n) is 12.3. The quantitative estimate of drug-likeness (QED) is 0.540. The number of methoxy groups -OCH3 is 1. The minimum atomic E-state index is -0.959. The van der Waals surface area contributed by atoms with Gasteiger partial charge in [-0.1, -0.05) is 32.9 Å². The highest BCUT2D eigenvalue weighted by Gasteiger charge is 2.27. The van der Waals surface area contributed by atoms with E-state index in [9.17, 15) is 14.5 Å². The normalized spacial score (nSPS) is 14.1. The lowest BCUT2D eigenvalue weighted by Gasteiger charge is -2.20. The van der Waals surface area contributed by atoms with E-state index >= 15 is 0 Å². The van der Waals surface area contributed by atoms with E-state index in [-0.39, 0.29) is 11.8 Å². The summed E-state index contributed by atoms with van der Waals surface area (Å²) in [6, 6.07) is -1.69. The molecule has 0 saturated heterocycles. The third-order valence-electron chi connectivity index (χ3n) is 2.63. The van der Waals surface area contributed by atoms with Crippen molar-refractivity contribution in [3.63, 3.8) is 0 Å². The van der Waals surface area contributed by atoms with E-state index in [0.29, 0.717) is 12.8 Å². The first kappa shape index (κ1) is 17.5. The van der Waals surface area contributed by atoms with E-state index in [1.54, 1.807) is 0 Å². The van der Waals surface area contributed by atoms with E-state index in [1.165, 1.54) is 7.11 Å². The molecular formula is C13H24N2O4. The minimum absolute atomic E-state index is 0.176. The Kier molecular flexibility index (Phi) is 7.95. The van der Waals surface area contributed by atoms with Crippen LogP contribution in [0.4, 0.5) is 0 Å². The van der Waals surface area contributed by atoms with E-state index < -0.39 is 24.0 Å². The zero-order valence-corrected chi connectivity index (χ0v) is 12.3. The maximum absolute atomic E-state index is 11.9. The van der Waals surface area contributed by atoms with E-state index in [2.05, 4.69) is 15.2 Å². The summed E-state index contributed by atoms with van der Waals surface area (Å²) >= 11 is 0. The van der Waals surface area contributed by atoms with Gasteiger partial charge in [-0.2, -0.15) is 0 Å². The van der Waals surface area contributed by atoms with Crippen LogP contribution in [0.5, 0.6) is 0 Å². The molecule has 0 aliphatic heterocycles. The average Bonchev–Trinajstić information content (AvgIpc) is 2.33. The maximum Gasteiger partial charge on any atom is 0.328 e. The molecule has 19 heavy (non-hydrogen) atoms. The Hall–Kier alpha value is -1.46. The van der Waals surface area contributed by atoms with Gasteiger partial charge >= 0.3 is 5.97 Å². The topological polar surface area (TPSA) is 84.8 Å². The van der Waals surface area contributed by atoms with Crippen LogP contribution < -0.4 is 5.32 Å². The largest absolute Gasteiger partial charge is 0.467 e. The van der Waals surface area contributed by atoms with Gasteiger partial charge in [0.05, 0.1) is 7.11 Å². The van der Waals surface area contributed by atoms with Crippen LogP contribution in [0.15, 0.2) is 5.18 Å². The van der Waals surface area contributed by atoms with Gasteiger partial charge in [0.2, 0.25) is 5.91 Å². The maximum atomic E-state index is 11.9. The van der Waals surface area contributed by atoms with Crippen molar-refractivity contribution in [1.29, 1.82) is 0 Å². The number of nitroso groups, excluding NO2 is 1. The summed E-state index contributed by atoms with van der Waals surface area (Å²) in [5.74, 6) is -0.622. The van der Waals surface area contributed by atoms with Gasteiger partial charge in [-0.25, -0.2) is 4.79 Å². The number of carbonyl (C=O) groups excluding carboxylic acids is 2. The predicted molar refractivity (Wildman–Crippen MR) is 72.4 cm³/mol. The molecule has 0 aromatic carbocycles. The van der Waals surface area contributed by atoms with E-state index in [4.69, 9.17) is 0 Å². The Balaban J connectivity index is 4.67. The van der Waals surface area contributed by atoms with Crippen LogP contribution in [0.25, 0.3) is 0 Å². The highest BCUT2D eigenvalue weighted by molar-refractivity contribution is 5.87. The number of hydrogen-bond donors (Lipinski definition) is 1. The lowest BCUT2D eigenvalue weighted by atomic mass is 10.0. The van der Waals surface area contributed by atoms with Crippen LogP contribution in [-0.4, -0.2) is 31.1 Å². The second-order valence-electron chi connectivity index (χ2n) is 5.46. The Morgan fingerprint density at radius 3 is 2.00 bits per heavy atom. The first-order valence-electron chi connectivity index (χ1n) is 6.52. The highest BCUT2D eigenvalue weighted by atomic mass is 16.5. The smallest absolute Gasteiger partial charge is 0.328 e. The second kappa shape index (κ2) is 8.61. The summed E-state index contributed by atoms with van der Waals surface area (Å²) in [6.45, 7) is 7.67. The van der Waals surface area contributed by atoms with Gasteiger partial charge in [-0.3, -0.25) is 4.79 Å². The summed E-state index contributed by atoms with van der Waals surface area (Å²) in [7, 11) is 1.27. The fraction of sp³-hybridized carbons (Fsp3) is 0.846. The molecule has 2 unspecified atom stereocenters. The number of ether oxygens (including phenoxy) is 1. The minimum Gasteiger partial charge on any atom is -0.467 e. The summed E-state index contributed by atoms with van der Waals surface area (Å²) in [6.07, 6.45) is 0.830. The van der Waals surface area contributed by atoms with Gasteiger partial charge < -0.3 is 10.1 Å². The molecule has 1 N–H and O–H groups in total. The number of rotatable bonds is 8. The summed E-state index contributed by atoms with van der Waals surface area (Å²) < 4.78 is 4.65. The molecule has 0 saturated carbocycles. The molecule has 0 spiro atoms. The molecule has 1 amide bonds. The predicted octanol–water partition coefficient (Wildman–Crippen LogP) is 1.87. The lowest BCUT2D eigenvalue weighted by Crippen LogP contribution is -2.46. The molecule has 6 heteroatoms. The van der Waals surface area contributed by atoms with E-state index in [1.807, 2.05) is 27.7 Å². The number of amides is 1. The van der Waals surface area contributed by atoms with Crippen LogP contribution in [-0.2, 0) is 14.3 Å². The van der Waals surface area contributed by atoms with Gasteiger partial charge in [0.1, 0.15) is 6.04 Å². The molecule has 2 atom stereocenters. The number of esters is 1. The van der Waals surface area contributed by atoms with Gasteiger partial charge in [-0.05, 0) is 24.7 Å². The van der Waals surface area contributed by atoms with Gasteiger partial charge in [0, 0.05) is 0 Å². The van der Waals surface area contributed by atoms with Gasteiger partial charge in [0.15, 0.2) is 6.04 Å². The molecule has 0 fully saturated rings. The number of carbonyl (C=O) groups is 2. The molecule has 0 radical (unpaired) electrons. The molecular weight excluding hydrogens is 248 g/mol. The second-order valence-corrected chi connectivity index (χ2v) is 5.46. The molecule has 110 valence electrons. The molecule has 0 aromatic heterocycles. The number of nitrogens with one attached hydrogen (secondary N) is 1. The van der Waals surface area contributed by atoms with Crippen LogP contribution in [0.1, 0.15) is 40.5 Å². The van der Waals surface area contributed by atoms with Crippen molar-refractivity contribution >= 4 is 11.9 Å². The summed E-state index contributed by atoms with van der Waals surface area (Å²) in [5.41, 5.74) is 0. The third kappa shape index (κ3) is 6.88. The summed E-state index contributed by atoms with van der Waals surface area (Å²) in [4.78, 5) is 34.2. The van der Waals surface area contributed by atoms with Crippen LogP contribution in [0.2, 0.25) is 0 Å². The van der Waals surface area contributed by atoms with Crippen molar-refractivity contribution in [3.8, 4) is 0 Å². The van der Waals surface area contributed by atoms with Crippen molar-refractivity contribution in [1.82, 2.24) is 5.32 Å². The molecule has 0 bridgehead atoms. The molecule has 0 aromatic rings. The SMILES string of the molecule is COC(=O)C(CC(C)C)NC(=O)C(CC(C)C)N=O. The van der Waals surface area contributed by atoms with Gasteiger partial charge in [-0.15, -0.1) is 4.91 Å². The molecule has 0 aliphatic rings. The number of hydrogen-bond acceptors (Lipinski definition) is 5. The Bertz CT molecular complexity index is 316. The molecule has 6 nitrogen and oxygen atoms in total. The Morgan fingerprint density at radius 2 is 1.63 bits per heavy atom. The van der Waals surface area contributed by atoms with Crippen LogP contribution in [0.3, 0.4) is 0 Å². The highest BCUT2D eigenvalue weighted by Crippen LogP contribution is 2.11. The molecule has 0 heterocycles. The van der Waals surface area contributed by atoms with Crippen LogP contribution in [0, 0.1) is 16.7 Å².